The van der Waals surface area contributed by atoms with Gasteiger partial charge in [0.25, 0.3) is 0 Å². The standard InChI is InChI=1S/C16H26N2O3/c19-15-13-14(16(21-15)5-2-1-3-6-16)17-7-4-8-18-9-11-20-12-10-18/h1-13H2/p+1. The summed E-state index contributed by atoms with van der Waals surface area (Å²) in [5.74, 6) is -0.0746. The van der Waals surface area contributed by atoms with Gasteiger partial charge in [-0.05, 0) is 25.7 Å². The maximum absolute atomic E-state index is 11.7. The molecule has 3 fully saturated rings. The quantitative estimate of drug-likeness (QED) is 0.603. The Hall–Kier alpha value is -0.940. The van der Waals surface area contributed by atoms with Crippen LogP contribution in [0.4, 0.5) is 0 Å². The number of nitrogens with zero attached hydrogens (tertiary/aromatic N) is 1. The Morgan fingerprint density at radius 1 is 1.14 bits per heavy atom. The van der Waals surface area contributed by atoms with Crippen molar-refractivity contribution in [3.05, 3.63) is 0 Å². The Labute approximate surface area is 126 Å². The summed E-state index contributed by atoms with van der Waals surface area (Å²) in [5.41, 5.74) is 0.713. The number of quaternary nitrogens is 1. The topological polar surface area (TPSA) is 52.3 Å². The molecular weight excluding hydrogens is 268 g/mol. The van der Waals surface area contributed by atoms with E-state index in [0.717, 1.165) is 77.2 Å². The van der Waals surface area contributed by atoms with Gasteiger partial charge in [-0.3, -0.25) is 9.79 Å². The largest absolute Gasteiger partial charge is 0.453 e. The smallest absolute Gasteiger partial charge is 0.312 e. The van der Waals surface area contributed by atoms with Gasteiger partial charge in [-0.15, -0.1) is 0 Å². The van der Waals surface area contributed by atoms with Crippen LogP contribution in [0.1, 0.15) is 44.9 Å². The van der Waals surface area contributed by atoms with Gasteiger partial charge in [0.05, 0.1) is 31.9 Å². The molecule has 2 heterocycles. The normalized spacial score (nSPS) is 28.2. The summed E-state index contributed by atoms with van der Waals surface area (Å²) in [6.45, 7) is 5.98. The third-order valence-corrected chi connectivity index (χ3v) is 5.00. The molecule has 5 nitrogen and oxygen atoms in total. The molecule has 1 aliphatic carbocycles. The maximum atomic E-state index is 11.7. The Bertz CT molecular complexity index is 396. The van der Waals surface area contributed by atoms with Crippen molar-refractivity contribution in [2.24, 2.45) is 4.99 Å². The molecule has 0 amide bonds. The molecule has 3 aliphatic rings. The van der Waals surface area contributed by atoms with E-state index in [1.807, 2.05) is 0 Å². The molecule has 0 radical (unpaired) electrons. The van der Waals surface area contributed by atoms with Crippen molar-refractivity contribution in [2.45, 2.75) is 50.5 Å². The van der Waals surface area contributed by atoms with Crippen LogP contribution in [-0.2, 0) is 14.3 Å². The zero-order chi connectivity index (χ0) is 14.5. The molecule has 2 saturated heterocycles. The molecular formula is C16H27N2O3+. The first kappa shape index (κ1) is 15.0. The van der Waals surface area contributed by atoms with Gasteiger partial charge in [0.1, 0.15) is 13.1 Å². The number of hydrogen-bond acceptors (Lipinski definition) is 4. The van der Waals surface area contributed by atoms with Gasteiger partial charge in [-0.2, -0.15) is 0 Å². The van der Waals surface area contributed by atoms with Gasteiger partial charge in [-0.25, -0.2) is 0 Å². The molecule has 1 N–H and O–H groups in total. The van der Waals surface area contributed by atoms with E-state index >= 15 is 0 Å². The molecule has 0 unspecified atom stereocenters. The Morgan fingerprint density at radius 3 is 2.67 bits per heavy atom. The third-order valence-electron chi connectivity index (χ3n) is 5.00. The van der Waals surface area contributed by atoms with Gasteiger partial charge >= 0.3 is 5.97 Å². The monoisotopic (exact) mass is 295 g/mol. The number of nitrogens with one attached hydrogen (secondary N) is 1. The fraction of sp³-hybridized carbons (Fsp3) is 0.875. The van der Waals surface area contributed by atoms with Crippen LogP contribution >= 0.6 is 0 Å². The van der Waals surface area contributed by atoms with Crippen molar-refractivity contribution in [1.82, 2.24) is 0 Å². The lowest BCUT2D eigenvalue weighted by Gasteiger charge is -2.32. The van der Waals surface area contributed by atoms with Crippen molar-refractivity contribution in [1.29, 1.82) is 0 Å². The SMILES string of the molecule is O=C1CC(=NCCC[NH+]2CCOCC2)C2(CCCCC2)O1. The van der Waals surface area contributed by atoms with Crippen molar-refractivity contribution < 1.29 is 19.2 Å². The highest BCUT2D eigenvalue weighted by Gasteiger charge is 2.46. The van der Waals surface area contributed by atoms with Crippen LogP contribution in [0.25, 0.3) is 0 Å². The minimum atomic E-state index is -0.318. The number of esters is 1. The average molecular weight is 295 g/mol. The second-order valence-electron chi connectivity index (χ2n) is 6.50. The van der Waals surface area contributed by atoms with E-state index in [1.165, 1.54) is 6.42 Å². The highest BCUT2D eigenvalue weighted by molar-refractivity contribution is 6.09. The van der Waals surface area contributed by atoms with Crippen molar-refractivity contribution in [3.8, 4) is 0 Å². The van der Waals surface area contributed by atoms with Crippen LogP contribution in [0.3, 0.4) is 0 Å². The highest BCUT2D eigenvalue weighted by Crippen LogP contribution is 2.38. The van der Waals surface area contributed by atoms with E-state index in [2.05, 4.69) is 0 Å². The van der Waals surface area contributed by atoms with E-state index in [0.29, 0.717) is 6.42 Å². The van der Waals surface area contributed by atoms with Crippen LogP contribution < -0.4 is 4.90 Å². The molecule has 5 heteroatoms. The number of aliphatic imine (C=N–C) groups is 1. The van der Waals surface area contributed by atoms with Crippen molar-refractivity contribution >= 4 is 11.7 Å². The first-order chi connectivity index (χ1) is 10.3. The highest BCUT2D eigenvalue weighted by atomic mass is 16.6. The Morgan fingerprint density at radius 2 is 1.90 bits per heavy atom. The molecule has 3 rings (SSSR count). The zero-order valence-electron chi connectivity index (χ0n) is 12.9. The zero-order valence-corrected chi connectivity index (χ0v) is 12.9. The number of rotatable bonds is 4. The van der Waals surface area contributed by atoms with Crippen LogP contribution in [0.2, 0.25) is 0 Å². The molecule has 1 spiro atoms. The second-order valence-corrected chi connectivity index (χ2v) is 6.50. The summed E-state index contributed by atoms with van der Waals surface area (Å²) in [5, 5.41) is 0. The minimum Gasteiger partial charge on any atom is -0.453 e. The summed E-state index contributed by atoms with van der Waals surface area (Å²) >= 11 is 0. The van der Waals surface area contributed by atoms with Crippen molar-refractivity contribution in [3.63, 3.8) is 0 Å². The van der Waals surface area contributed by atoms with Crippen LogP contribution in [0, 0.1) is 0 Å². The maximum Gasteiger partial charge on any atom is 0.312 e. The van der Waals surface area contributed by atoms with Gasteiger partial charge in [-0.1, -0.05) is 6.42 Å². The lowest BCUT2D eigenvalue weighted by atomic mass is 9.81. The predicted molar refractivity (Wildman–Crippen MR) is 79.8 cm³/mol. The molecule has 0 aromatic heterocycles. The van der Waals surface area contributed by atoms with Crippen molar-refractivity contribution in [2.75, 3.05) is 39.4 Å². The van der Waals surface area contributed by atoms with Crippen LogP contribution in [0.5, 0.6) is 0 Å². The lowest BCUT2D eigenvalue weighted by molar-refractivity contribution is -0.908. The van der Waals surface area contributed by atoms with E-state index in [4.69, 9.17) is 14.5 Å². The number of carbonyl (C=O) groups is 1. The summed E-state index contributed by atoms with van der Waals surface area (Å²) in [6.07, 6.45) is 7.04. The van der Waals surface area contributed by atoms with Gasteiger partial charge < -0.3 is 14.4 Å². The third kappa shape index (κ3) is 3.64. The number of carbonyl (C=O) groups excluding carboxylic acids is 1. The number of hydrogen-bond donors (Lipinski definition) is 1. The number of ether oxygens (including phenoxy) is 2. The molecule has 118 valence electrons. The summed E-state index contributed by atoms with van der Waals surface area (Å²) in [6, 6.07) is 0. The fourth-order valence-corrected chi connectivity index (χ4v) is 3.78. The molecule has 21 heavy (non-hydrogen) atoms. The first-order valence-corrected chi connectivity index (χ1v) is 8.45. The average Bonchev–Trinajstić information content (AvgIpc) is 2.81. The van der Waals surface area contributed by atoms with Crippen LogP contribution in [0.15, 0.2) is 4.99 Å². The number of morpholine rings is 1. The first-order valence-electron chi connectivity index (χ1n) is 8.45. The molecule has 0 aromatic rings. The van der Waals surface area contributed by atoms with Gasteiger partial charge in [0.2, 0.25) is 0 Å². The summed E-state index contributed by atoms with van der Waals surface area (Å²) < 4.78 is 11.0. The van der Waals surface area contributed by atoms with Crippen LogP contribution in [-0.4, -0.2) is 56.7 Å². The molecule has 2 aliphatic heterocycles. The van der Waals surface area contributed by atoms with E-state index in [-0.39, 0.29) is 11.6 Å². The van der Waals surface area contributed by atoms with E-state index in [1.54, 1.807) is 4.90 Å². The Balaban J connectivity index is 1.50. The van der Waals surface area contributed by atoms with E-state index in [9.17, 15) is 4.79 Å². The molecule has 0 atom stereocenters. The molecule has 1 saturated carbocycles. The van der Waals surface area contributed by atoms with E-state index < -0.39 is 0 Å². The summed E-state index contributed by atoms with van der Waals surface area (Å²) in [4.78, 5) is 18.1. The predicted octanol–water partition coefficient (Wildman–Crippen LogP) is 0.382. The molecule has 0 bridgehead atoms. The van der Waals surface area contributed by atoms with Gasteiger partial charge in [0.15, 0.2) is 5.60 Å². The Kier molecular flexibility index (Phi) is 4.91. The minimum absolute atomic E-state index is 0.0746. The molecule has 0 aromatic carbocycles. The van der Waals surface area contributed by atoms with Gasteiger partial charge in [0, 0.05) is 13.0 Å². The lowest BCUT2D eigenvalue weighted by Crippen LogP contribution is -3.14. The fourth-order valence-electron chi connectivity index (χ4n) is 3.78. The second kappa shape index (κ2) is 6.88. The summed E-state index contributed by atoms with van der Waals surface area (Å²) in [7, 11) is 0.